The number of hydrogen-bond donors (Lipinski definition) is 3. The van der Waals surface area contributed by atoms with Gasteiger partial charge in [-0.25, -0.2) is 9.59 Å². The SMILES string of the molecule is Cc1cc(O)ccc1C[C@H](N)C(=O)OC(=O)[C@@H](N)Cc1ccc(N=[N+]=[N-])cc1. The molecule has 0 bridgehead atoms. The third kappa shape index (κ3) is 5.82. The van der Waals surface area contributed by atoms with E-state index in [0.717, 1.165) is 16.7 Å². The minimum atomic E-state index is -1.04. The summed E-state index contributed by atoms with van der Waals surface area (Å²) >= 11 is 0. The van der Waals surface area contributed by atoms with Gasteiger partial charge in [-0.3, -0.25) is 0 Å². The van der Waals surface area contributed by atoms with Crippen LogP contribution in [0.5, 0.6) is 5.75 Å². The summed E-state index contributed by atoms with van der Waals surface area (Å²) in [6, 6.07) is 9.14. The summed E-state index contributed by atoms with van der Waals surface area (Å²) in [4.78, 5) is 26.8. The van der Waals surface area contributed by atoms with Crippen LogP contribution >= 0.6 is 0 Å². The fourth-order valence-corrected chi connectivity index (χ4v) is 2.57. The largest absolute Gasteiger partial charge is 0.508 e. The number of rotatable bonds is 7. The highest BCUT2D eigenvalue weighted by molar-refractivity contribution is 5.91. The smallest absolute Gasteiger partial charge is 0.330 e. The molecular formula is C19H21N5O4. The number of benzene rings is 2. The summed E-state index contributed by atoms with van der Waals surface area (Å²) in [6.45, 7) is 1.78. The molecule has 2 aromatic rings. The molecule has 0 amide bonds. The van der Waals surface area contributed by atoms with Crippen molar-refractivity contribution in [3.63, 3.8) is 0 Å². The van der Waals surface area contributed by atoms with E-state index in [-0.39, 0.29) is 18.6 Å². The predicted molar refractivity (Wildman–Crippen MR) is 103 cm³/mol. The summed E-state index contributed by atoms with van der Waals surface area (Å²) in [5.41, 5.74) is 22.7. The lowest BCUT2D eigenvalue weighted by molar-refractivity contribution is -0.161. The maximum atomic E-state index is 12.1. The van der Waals surface area contributed by atoms with Crippen LogP contribution in [-0.2, 0) is 27.2 Å². The number of carbonyl (C=O) groups is 2. The van der Waals surface area contributed by atoms with Gasteiger partial charge in [-0.05, 0) is 54.1 Å². The lowest BCUT2D eigenvalue weighted by Gasteiger charge is -2.15. The van der Waals surface area contributed by atoms with E-state index in [4.69, 9.17) is 21.7 Å². The molecule has 2 aromatic carbocycles. The van der Waals surface area contributed by atoms with E-state index in [1.165, 1.54) is 6.07 Å². The van der Waals surface area contributed by atoms with Crippen molar-refractivity contribution in [2.45, 2.75) is 31.8 Å². The minimum Gasteiger partial charge on any atom is -0.508 e. The molecule has 0 heterocycles. The quantitative estimate of drug-likeness (QED) is 0.218. The van der Waals surface area contributed by atoms with Gasteiger partial charge in [0.1, 0.15) is 17.8 Å². The molecule has 0 aromatic heterocycles. The topological polar surface area (TPSA) is 164 Å². The predicted octanol–water partition coefficient (Wildman–Crippen LogP) is 2.15. The Morgan fingerprint density at radius 3 is 2.29 bits per heavy atom. The van der Waals surface area contributed by atoms with Gasteiger partial charge in [0.25, 0.3) is 0 Å². The van der Waals surface area contributed by atoms with Crippen molar-refractivity contribution in [3.8, 4) is 5.75 Å². The highest BCUT2D eigenvalue weighted by Crippen LogP contribution is 2.17. The molecular weight excluding hydrogens is 362 g/mol. The molecule has 0 unspecified atom stereocenters. The van der Waals surface area contributed by atoms with Crippen molar-refractivity contribution in [1.29, 1.82) is 0 Å². The summed E-state index contributed by atoms with van der Waals surface area (Å²) in [6.07, 6.45) is 0.309. The molecule has 0 aliphatic rings. The lowest BCUT2D eigenvalue weighted by Crippen LogP contribution is -2.41. The first-order valence-corrected chi connectivity index (χ1v) is 8.49. The van der Waals surface area contributed by atoms with E-state index >= 15 is 0 Å². The molecule has 0 aliphatic carbocycles. The number of azide groups is 1. The number of esters is 2. The number of phenolic OH excluding ortho intramolecular Hbond substituents is 1. The summed E-state index contributed by atoms with van der Waals surface area (Å²) in [7, 11) is 0. The van der Waals surface area contributed by atoms with Crippen molar-refractivity contribution >= 4 is 17.6 Å². The maximum absolute atomic E-state index is 12.1. The van der Waals surface area contributed by atoms with Crippen LogP contribution in [0.4, 0.5) is 5.69 Å². The summed E-state index contributed by atoms with van der Waals surface area (Å²) in [5.74, 6) is -1.63. The van der Waals surface area contributed by atoms with E-state index in [0.29, 0.717) is 5.69 Å². The van der Waals surface area contributed by atoms with Crippen molar-refractivity contribution in [2.24, 2.45) is 16.6 Å². The minimum absolute atomic E-state index is 0.117. The standard InChI is InChI=1S/C19H21N5O4/c1-11-8-15(25)7-4-13(11)10-17(21)19(27)28-18(26)16(20)9-12-2-5-14(6-3-12)23-24-22/h2-8,16-17,25H,9-10,20-21H2,1H3/t16-,17-/m0/s1. The van der Waals surface area contributed by atoms with Crippen LogP contribution in [0.25, 0.3) is 10.4 Å². The Kier molecular flexibility index (Phi) is 7.11. The number of phenols is 1. The Balaban J connectivity index is 1.91. The molecule has 5 N–H and O–H groups in total. The molecule has 0 fully saturated rings. The molecule has 9 heteroatoms. The van der Waals surface area contributed by atoms with Crippen LogP contribution in [0, 0.1) is 6.92 Å². The molecule has 9 nitrogen and oxygen atoms in total. The molecule has 2 rings (SSSR count). The second-order valence-corrected chi connectivity index (χ2v) is 6.33. The average Bonchev–Trinajstić information content (AvgIpc) is 2.65. The highest BCUT2D eigenvalue weighted by atomic mass is 16.6. The molecule has 0 spiro atoms. The van der Waals surface area contributed by atoms with E-state index < -0.39 is 24.0 Å². The molecule has 0 saturated heterocycles. The van der Waals surface area contributed by atoms with Crippen LogP contribution in [-0.4, -0.2) is 29.1 Å². The Labute approximate surface area is 161 Å². The van der Waals surface area contributed by atoms with Gasteiger partial charge in [0.05, 0.1) is 0 Å². The van der Waals surface area contributed by atoms with Gasteiger partial charge >= 0.3 is 11.9 Å². The van der Waals surface area contributed by atoms with Crippen LogP contribution in [0.1, 0.15) is 16.7 Å². The maximum Gasteiger partial charge on any atom is 0.330 e. The van der Waals surface area contributed by atoms with E-state index in [9.17, 15) is 14.7 Å². The second kappa shape index (κ2) is 9.52. The van der Waals surface area contributed by atoms with Gasteiger partial charge in [-0.15, -0.1) is 0 Å². The first-order valence-electron chi connectivity index (χ1n) is 8.49. The molecule has 0 radical (unpaired) electrons. The number of aromatic hydroxyl groups is 1. The zero-order valence-corrected chi connectivity index (χ0v) is 15.3. The summed E-state index contributed by atoms with van der Waals surface area (Å²) < 4.78 is 4.80. The number of hydrogen-bond acceptors (Lipinski definition) is 7. The molecule has 28 heavy (non-hydrogen) atoms. The average molecular weight is 383 g/mol. The van der Waals surface area contributed by atoms with E-state index in [1.54, 1.807) is 43.3 Å². The first kappa shape index (κ1) is 20.9. The van der Waals surface area contributed by atoms with Gasteiger partial charge in [0.15, 0.2) is 0 Å². The van der Waals surface area contributed by atoms with Gasteiger partial charge in [0.2, 0.25) is 0 Å². The third-order valence-electron chi connectivity index (χ3n) is 4.12. The van der Waals surface area contributed by atoms with Gasteiger partial charge < -0.3 is 21.3 Å². The Morgan fingerprint density at radius 2 is 1.71 bits per heavy atom. The van der Waals surface area contributed by atoms with Crippen LogP contribution in [0.3, 0.4) is 0 Å². The van der Waals surface area contributed by atoms with Crippen LogP contribution < -0.4 is 11.5 Å². The van der Waals surface area contributed by atoms with Crippen LogP contribution in [0.2, 0.25) is 0 Å². The number of aryl methyl sites for hydroxylation is 1. The number of nitrogens with zero attached hydrogens (tertiary/aromatic N) is 3. The van der Waals surface area contributed by atoms with E-state index in [2.05, 4.69) is 10.0 Å². The number of ether oxygens (including phenoxy) is 1. The molecule has 2 atom stereocenters. The lowest BCUT2D eigenvalue weighted by atomic mass is 10.0. The van der Waals surface area contributed by atoms with E-state index in [1.807, 2.05) is 0 Å². The van der Waals surface area contributed by atoms with Gasteiger partial charge in [-0.1, -0.05) is 35.4 Å². The second-order valence-electron chi connectivity index (χ2n) is 6.33. The Morgan fingerprint density at radius 1 is 1.11 bits per heavy atom. The van der Waals surface area contributed by atoms with Crippen LogP contribution in [0.15, 0.2) is 47.6 Å². The molecule has 0 saturated carbocycles. The van der Waals surface area contributed by atoms with Crippen molar-refractivity contribution in [2.75, 3.05) is 0 Å². The number of nitrogens with two attached hydrogens (primary N) is 2. The van der Waals surface area contributed by atoms with Gasteiger partial charge in [-0.2, -0.15) is 0 Å². The highest BCUT2D eigenvalue weighted by Gasteiger charge is 2.24. The van der Waals surface area contributed by atoms with Gasteiger partial charge in [0, 0.05) is 10.6 Å². The normalized spacial score (nSPS) is 12.5. The fourth-order valence-electron chi connectivity index (χ4n) is 2.57. The van der Waals surface area contributed by atoms with Crippen molar-refractivity contribution in [1.82, 2.24) is 0 Å². The monoisotopic (exact) mass is 383 g/mol. The zero-order valence-electron chi connectivity index (χ0n) is 15.3. The summed E-state index contributed by atoms with van der Waals surface area (Å²) in [5, 5.41) is 12.9. The van der Waals surface area contributed by atoms with Crippen molar-refractivity contribution < 1.29 is 19.4 Å². The Hall–Kier alpha value is -3.39. The number of carbonyl (C=O) groups excluding carboxylic acids is 2. The fraction of sp³-hybridized carbons (Fsp3) is 0.263. The zero-order chi connectivity index (χ0) is 20.7. The molecule has 0 aliphatic heterocycles. The first-order chi connectivity index (χ1) is 13.3. The molecule has 146 valence electrons. The third-order valence-corrected chi connectivity index (χ3v) is 4.12. The van der Waals surface area contributed by atoms with Crippen molar-refractivity contribution in [3.05, 3.63) is 69.6 Å². The Bertz CT molecular complexity index is 907.